The van der Waals surface area contributed by atoms with Gasteiger partial charge in [-0.1, -0.05) is 26.2 Å². The second-order valence-corrected chi connectivity index (χ2v) is 5.88. The summed E-state index contributed by atoms with van der Waals surface area (Å²) in [6.07, 6.45) is 6.74. The summed E-state index contributed by atoms with van der Waals surface area (Å²) in [4.78, 5) is 5.04. The van der Waals surface area contributed by atoms with Crippen LogP contribution >= 0.6 is 0 Å². The molecule has 0 radical (unpaired) electrons. The Kier molecular flexibility index (Phi) is 8.64. The predicted octanol–water partition coefficient (Wildman–Crippen LogP) is 2.47. The average Bonchev–Trinajstić information content (AvgIpc) is 2.38. The zero-order valence-electron chi connectivity index (χ0n) is 12.7. The van der Waals surface area contributed by atoms with Crippen LogP contribution in [-0.4, -0.2) is 63.3 Å². The normalized spacial score (nSPS) is 20.2. The highest BCUT2D eigenvalue weighted by atomic mass is 16.5. The second-order valence-electron chi connectivity index (χ2n) is 5.88. The van der Waals surface area contributed by atoms with Crippen LogP contribution in [0.2, 0.25) is 0 Å². The minimum Gasteiger partial charge on any atom is -0.385 e. The Balaban J connectivity index is 1.89. The lowest BCUT2D eigenvalue weighted by Crippen LogP contribution is -2.44. The SMILES string of the molecule is COCCC(C)CCCCCN1CCN(C)CC1. The molecule has 1 saturated heterocycles. The number of ether oxygens (including phenoxy) is 1. The van der Waals surface area contributed by atoms with Crippen molar-refractivity contribution >= 4 is 0 Å². The fraction of sp³-hybridized carbons (Fsp3) is 1.00. The number of likely N-dealkylation sites (N-methyl/N-ethyl adjacent to an activating group) is 1. The Morgan fingerprint density at radius 1 is 1.00 bits per heavy atom. The van der Waals surface area contributed by atoms with Gasteiger partial charge in [0.25, 0.3) is 0 Å². The van der Waals surface area contributed by atoms with Gasteiger partial charge >= 0.3 is 0 Å². The maximum atomic E-state index is 5.12. The van der Waals surface area contributed by atoms with Crippen LogP contribution in [0, 0.1) is 5.92 Å². The molecule has 1 unspecified atom stereocenters. The Morgan fingerprint density at radius 3 is 2.39 bits per heavy atom. The predicted molar refractivity (Wildman–Crippen MR) is 78.1 cm³/mol. The van der Waals surface area contributed by atoms with E-state index in [2.05, 4.69) is 23.8 Å². The standard InChI is InChI=1S/C15H32N2O/c1-15(8-14-18-3)7-5-4-6-9-17-12-10-16(2)11-13-17/h15H,4-14H2,1-3H3. The molecular formula is C15H32N2O. The van der Waals surface area contributed by atoms with E-state index < -0.39 is 0 Å². The third kappa shape index (κ3) is 7.34. The number of hydrogen-bond donors (Lipinski definition) is 0. The third-order valence-corrected chi connectivity index (χ3v) is 4.08. The van der Waals surface area contributed by atoms with Gasteiger partial charge in [0.2, 0.25) is 0 Å². The number of rotatable bonds is 9. The number of piperazine rings is 1. The minimum atomic E-state index is 0.827. The van der Waals surface area contributed by atoms with Crippen LogP contribution in [-0.2, 0) is 4.74 Å². The van der Waals surface area contributed by atoms with Crippen LogP contribution in [0.15, 0.2) is 0 Å². The number of unbranched alkanes of at least 4 members (excludes halogenated alkanes) is 2. The van der Waals surface area contributed by atoms with Gasteiger partial charge in [-0.2, -0.15) is 0 Å². The molecule has 3 heteroatoms. The van der Waals surface area contributed by atoms with E-state index in [1.165, 1.54) is 64.8 Å². The van der Waals surface area contributed by atoms with Crippen LogP contribution in [0.25, 0.3) is 0 Å². The van der Waals surface area contributed by atoms with Crippen molar-refractivity contribution < 1.29 is 4.74 Å². The summed E-state index contributed by atoms with van der Waals surface area (Å²) in [5.41, 5.74) is 0. The monoisotopic (exact) mass is 256 g/mol. The van der Waals surface area contributed by atoms with Crippen molar-refractivity contribution in [3.8, 4) is 0 Å². The lowest BCUT2D eigenvalue weighted by atomic mass is 10.0. The quantitative estimate of drug-likeness (QED) is 0.589. The van der Waals surface area contributed by atoms with Crippen LogP contribution in [0.3, 0.4) is 0 Å². The van der Waals surface area contributed by atoms with Gasteiger partial charge in [0.05, 0.1) is 0 Å². The zero-order valence-corrected chi connectivity index (χ0v) is 12.7. The lowest BCUT2D eigenvalue weighted by molar-refractivity contribution is 0.151. The third-order valence-electron chi connectivity index (χ3n) is 4.08. The van der Waals surface area contributed by atoms with Gasteiger partial charge in [0, 0.05) is 39.9 Å². The van der Waals surface area contributed by atoms with E-state index in [4.69, 9.17) is 4.74 Å². The molecule has 0 saturated carbocycles. The molecule has 0 aromatic rings. The van der Waals surface area contributed by atoms with E-state index in [9.17, 15) is 0 Å². The molecule has 3 nitrogen and oxygen atoms in total. The van der Waals surface area contributed by atoms with E-state index in [1.807, 2.05) is 0 Å². The van der Waals surface area contributed by atoms with Crippen molar-refractivity contribution in [2.75, 3.05) is 53.5 Å². The summed E-state index contributed by atoms with van der Waals surface area (Å²) in [6.45, 7) is 9.59. The first-order valence-electron chi connectivity index (χ1n) is 7.62. The Morgan fingerprint density at radius 2 is 1.72 bits per heavy atom. The molecular weight excluding hydrogens is 224 g/mol. The van der Waals surface area contributed by atoms with Crippen molar-refractivity contribution in [2.45, 2.75) is 39.0 Å². The molecule has 1 heterocycles. The van der Waals surface area contributed by atoms with Crippen LogP contribution in [0.5, 0.6) is 0 Å². The molecule has 18 heavy (non-hydrogen) atoms. The molecule has 0 aliphatic carbocycles. The van der Waals surface area contributed by atoms with E-state index >= 15 is 0 Å². The van der Waals surface area contributed by atoms with E-state index in [0.29, 0.717) is 0 Å². The Bertz CT molecular complexity index is 191. The molecule has 1 aliphatic rings. The summed E-state index contributed by atoms with van der Waals surface area (Å²) in [6, 6.07) is 0. The van der Waals surface area contributed by atoms with E-state index in [-0.39, 0.29) is 0 Å². The molecule has 1 fully saturated rings. The smallest absolute Gasteiger partial charge is 0.0464 e. The lowest BCUT2D eigenvalue weighted by Gasteiger charge is -2.32. The first-order valence-corrected chi connectivity index (χ1v) is 7.62. The Labute approximate surface area is 113 Å². The van der Waals surface area contributed by atoms with Crippen molar-refractivity contribution in [1.29, 1.82) is 0 Å². The van der Waals surface area contributed by atoms with Crippen LogP contribution in [0.4, 0.5) is 0 Å². The molecule has 0 spiro atoms. The van der Waals surface area contributed by atoms with Crippen LogP contribution in [0.1, 0.15) is 39.0 Å². The van der Waals surface area contributed by atoms with Crippen molar-refractivity contribution in [3.63, 3.8) is 0 Å². The summed E-state index contributed by atoms with van der Waals surface area (Å²) in [5.74, 6) is 0.827. The topological polar surface area (TPSA) is 15.7 Å². The fourth-order valence-corrected chi connectivity index (χ4v) is 2.54. The molecule has 1 atom stereocenters. The largest absolute Gasteiger partial charge is 0.385 e. The zero-order chi connectivity index (χ0) is 13.2. The summed E-state index contributed by atoms with van der Waals surface area (Å²) < 4.78 is 5.12. The fourth-order valence-electron chi connectivity index (χ4n) is 2.54. The highest BCUT2D eigenvalue weighted by Crippen LogP contribution is 2.13. The van der Waals surface area contributed by atoms with Gasteiger partial charge in [-0.25, -0.2) is 0 Å². The van der Waals surface area contributed by atoms with Gasteiger partial charge in [-0.3, -0.25) is 0 Å². The number of hydrogen-bond acceptors (Lipinski definition) is 3. The highest BCUT2D eigenvalue weighted by molar-refractivity contribution is 4.69. The molecule has 0 amide bonds. The summed E-state index contributed by atoms with van der Waals surface area (Å²) in [5, 5.41) is 0. The van der Waals surface area contributed by atoms with Crippen LogP contribution < -0.4 is 0 Å². The Hall–Kier alpha value is -0.120. The summed E-state index contributed by atoms with van der Waals surface area (Å²) >= 11 is 0. The number of methoxy groups -OCH3 is 1. The summed E-state index contributed by atoms with van der Waals surface area (Å²) in [7, 11) is 4.02. The average molecular weight is 256 g/mol. The van der Waals surface area contributed by atoms with E-state index in [1.54, 1.807) is 7.11 Å². The molecule has 0 N–H and O–H groups in total. The van der Waals surface area contributed by atoms with Gasteiger partial charge in [0.15, 0.2) is 0 Å². The first kappa shape index (κ1) is 15.9. The maximum Gasteiger partial charge on any atom is 0.0464 e. The maximum absolute atomic E-state index is 5.12. The van der Waals surface area contributed by atoms with Gasteiger partial charge in [-0.05, 0) is 32.4 Å². The van der Waals surface area contributed by atoms with E-state index in [0.717, 1.165) is 12.5 Å². The molecule has 108 valence electrons. The second kappa shape index (κ2) is 9.76. The minimum absolute atomic E-state index is 0.827. The molecule has 0 bridgehead atoms. The highest BCUT2D eigenvalue weighted by Gasteiger charge is 2.12. The molecule has 1 rings (SSSR count). The molecule has 0 aromatic heterocycles. The van der Waals surface area contributed by atoms with Crippen molar-refractivity contribution in [1.82, 2.24) is 9.80 Å². The molecule has 1 aliphatic heterocycles. The van der Waals surface area contributed by atoms with Crippen molar-refractivity contribution in [2.24, 2.45) is 5.92 Å². The van der Waals surface area contributed by atoms with Gasteiger partial charge in [0.1, 0.15) is 0 Å². The molecule has 0 aromatic carbocycles. The van der Waals surface area contributed by atoms with Gasteiger partial charge < -0.3 is 14.5 Å². The van der Waals surface area contributed by atoms with Gasteiger partial charge in [-0.15, -0.1) is 0 Å². The number of nitrogens with zero attached hydrogens (tertiary/aromatic N) is 2. The van der Waals surface area contributed by atoms with Crippen molar-refractivity contribution in [3.05, 3.63) is 0 Å². The first-order chi connectivity index (χ1) is 8.72.